The summed E-state index contributed by atoms with van der Waals surface area (Å²) in [6.07, 6.45) is 3.26. The topological polar surface area (TPSA) is 53.6 Å². The van der Waals surface area contributed by atoms with Crippen LogP contribution in [0.2, 0.25) is 0 Å². The van der Waals surface area contributed by atoms with Crippen LogP contribution in [-0.2, 0) is 0 Å². The van der Waals surface area contributed by atoms with Gasteiger partial charge in [-0.15, -0.1) is 24.0 Å². The van der Waals surface area contributed by atoms with Crippen LogP contribution in [0.4, 0.5) is 10.1 Å². The van der Waals surface area contributed by atoms with Crippen LogP contribution >= 0.6 is 24.0 Å². The zero-order chi connectivity index (χ0) is 15.1. The highest BCUT2D eigenvalue weighted by molar-refractivity contribution is 14.0. The van der Waals surface area contributed by atoms with Gasteiger partial charge >= 0.3 is 0 Å². The van der Waals surface area contributed by atoms with Crippen molar-refractivity contribution in [3.63, 3.8) is 0 Å². The fraction of sp³-hybridized carbons (Fsp3) is 0.562. The highest BCUT2D eigenvalue weighted by atomic mass is 127. The van der Waals surface area contributed by atoms with Gasteiger partial charge in [0, 0.05) is 31.9 Å². The summed E-state index contributed by atoms with van der Waals surface area (Å²) < 4.78 is 13.0. The Kier molecular flexibility index (Phi) is 8.52. The fourth-order valence-electron chi connectivity index (χ4n) is 2.44. The molecule has 124 valence electrons. The predicted molar refractivity (Wildman–Crippen MR) is 101 cm³/mol. The lowest BCUT2D eigenvalue weighted by molar-refractivity contribution is 0.277. The molecule has 0 unspecified atom stereocenters. The number of halogens is 2. The molecule has 0 atom stereocenters. The summed E-state index contributed by atoms with van der Waals surface area (Å²) in [4.78, 5) is 6.59. The minimum Gasteiger partial charge on any atom is -0.385 e. The highest BCUT2D eigenvalue weighted by Gasteiger charge is 2.16. The molecule has 22 heavy (non-hydrogen) atoms. The molecule has 1 fully saturated rings. The summed E-state index contributed by atoms with van der Waals surface area (Å²) in [6, 6.07) is 6.49. The van der Waals surface area contributed by atoms with Crippen molar-refractivity contribution in [1.29, 1.82) is 0 Å². The van der Waals surface area contributed by atoms with Crippen molar-refractivity contribution in [2.45, 2.75) is 26.2 Å². The Bertz CT molecular complexity index is 473. The van der Waals surface area contributed by atoms with Crippen LogP contribution in [0.15, 0.2) is 29.3 Å². The van der Waals surface area contributed by atoms with Crippen LogP contribution in [-0.4, -0.2) is 37.0 Å². The molecule has 0 radical (unpaired) electrons. The lowest BCUT2D eigenvalue weighted by atomic mass is 10.00. The molecule has 1 heterocycles. The molecule has 0 aromatic heterocycles. The van der Waals surface area contributed by atoms with Crippen molar-refractivity contribution >= 4 is 35.6 Å². The standard InChI is InChI=1S/C16H25FN4.HI/c1-13-6-10-21(11-7-13)16(18)20-9-3-8-19-15-5-2-4-14(17)12-15;/h2,4-5,12-13,19H,3,6-11H2,1H3,(H2,18,20);1H. The van der Waals surface area contributed by atoms with Crippen LogP contribution in [0.5, 0.6) is 0 Å². The van der Waals surface area contributed by atoms with Gasteiger partial charge in [0.25, 0.3) is 0 Å². The number of rotatable bonds is 5. The van der Waals surface area contributed by atoms with Crippen molar-refractivity contribution in [2.24, 2.45) is 16.6 Å². The van der Waals surface area contributed by atoms with Crippen LogP contribution in [0, 0.1) is 11.7 Å². The van der Waals surface area contributed by atoms with Crippen molar-refractivity contribution in [3.05, 3.63) is 30.1 Å². The first kappa shape index (κ1) is 19.0. The molecule has 0 aliphatic carbocycles. The minimum absolute atomic E-state index is 0. The van der Waals surface area contributed by atoms with E-state index in [1.807, 2.05) is 6.07 Å². The third-order valence-corrected chi connectivity index (χ3v) is 3.87. The Morgan fingerprint density at radius 1 is 1.41 bits per heavy atom. The molecule has 0 bridgehead atoms. The van der Waals surface area contributed by atoms with E-state index in [4.69, 9.17) is 5.73 Å². The van der Waals surface area contributed by atoms with E-state index in [-0.39, 0.29) is 29.8 Å². The molecule has 4 nitrogen and oxygen atoms in total. The maximum absolute atomic E-state index is 13.0. The molecule has 1 aliphatic heterocycles. The van der Waals surface area contributed by atoms with Gasteiger partial charge in [0.15, 0.2) is 5.96 Å². The maximum Gasteiger partial charge on any atom is 0.191 e. The number of guanidine groups is 1. The lowest BCUT2D eigenvalue weighted by Gasteiger charge is -2.31. The van der Waals surface area contributed by atoms with Crippen LogP contribution < -0.4 is 11.1 Å². The number of hydrogen-bond acceptors (Lipinski definition) is 2. The Morgan fingerprint density at radius 3 is 2.82 bits per heavy atom. The number of anilines is 1. The summed E-state index contributed by atoms with van der Waals surface area (Å²) >= 11 is 0. The molecule has 0 amide bonds. The van der Waals surface area contributed by atoms with Gasteiger partial charge in [-0.1, -0.05) is 13.0 Å². The molecule has 0 saturated carbocycles. The van der Waals surface area contributed by atoms with Gasteiger partial charge in [0.1, 0.15) is 5.82 Å². The summed E-state index contributed by atoms with van der Waals surface area (Å²) in [6.45, 7) is 5.76. The van der Waals surface area contributed by atoms with Crippen LogP contribution in [0.25, 0.3) is 0 Å². The van der Waals surface area contributed by atoms with Gasteiger partial charge in [-0.25, -0.2) is 4.39 Å². The summed E-state index contributed by atoms with van der Waals surface area (Å²) in [7, 11) is 0. The monoisotopic (exact) mass is 420 g/mol. The predicted octanol–water partition coefficient (Wildman–Crippen LogP) is 3.29. The molecule has 3 N–H and O–H groups in total. The number of likely N-dealkylation sites (tertiary alicyclic amines) is 1. The molecule has 0 spiro atoms. The maximum atomic E-state index is 13.0. The number of benzene rings is 1. The number of nitrogens with two attached hydrogens (primary N) is 1. The number of nitrogens with one attached hydrogen (secondary N) is 1. The first-order valence-corrected chi connectivity index (χ1v) is 7.69. The van der Waals surface area contributed by atoms with E-state index in [0.717, 1.165) is 37.7 Å². The van der Waals surface area contributed by atoms with Crippen molar-refractivity contribution < 1.29 is 4.39 Å². The molecular weight excluding hydrogens is 394 g/mol. The SMILES string of the molecule is CC1CCN(C(N)=NCCCNc2cccc(F)c2)CC1.I. The fourth-order valence-corrected chi connectivity index (χ4v) is 2.44. The van der Waals surface area contributed by atoms with E-state index >= 15 is 0 Å². The average molecular weight is 420 g/mol. The lowest BCUT2D eigenvalue weighted by Crippen LogP contribution is -2.42. The van der Waals surface area contributed by atoms with E-state index in [9.17, 15) is 4.39 Å². The summed E-state index contributed by atoms with van der Waals surface area (Å²) in [5, 5.41) is 3.18. The largest absolute Gasteiger partial charge is 0.385 e. The van der Waals surface area contributed by atoms with Gasteiger partial charge in [-0.05, 0) is 43.4 Å². The quantitative estimate of drug-likeness (QED) is 0.333. The second-order valence-corrected chi connectivity index (χ2v) is 5.70. The number of hydrogen-bond donors (Lipinski definition) is 2. The van der Waals surface area contributed by atoms with Gasteiger partial charge in [-0.3, -0.25) is 4.99 Å². The first-order valence-electron chi connectivity index (χ1n) is 7.69. The molecule has 6 heteroatoms. The minimum atomic E-state index is -0.221. The van der Waals surface area contributed by atoms with Crippen molar-refractivity contribution in [3.8, 4) is 0 Å². The smallest absolute Gasteiger partial charge is 0.191 e. The normalized spacial score (nSPS) is 16.3. The summed E-state index contributed by atoms with van der Waals surface area (Å²) in [5.74, 6) is 1.23. The third-order valence-electron chi connectivity index (χ3n) is 3.87. The van der Waals surface area contributed by atoms with Gasteiger partial charge in [0.2, 0.25) is 0 Å². The van der Waals surface area contributed by atoms with Gasteiger partial charge in [0.05, 0.1) is 0 Å². The Balaban J connectivity index is 0.00000242. The second kappa shape index (κ2) is 9.86. The van der Waals surface area contributed by atoms with E-state index in [1.54, 1.807) is 6.07 Å². The van der Waals surface area contributed by atoms with Gasteiger partial charge in [-0.2, -0.15) is 0 Å². The number of piperidine rings is 1. The Labute approximate surface area is 149 Å². The zero-order valence-corrected chi connectivity index (χ0v) is 15.4. The zero-order valence-electron chi connectivity index (χ0n) is 13.1. The van der Waals surface area contributed by atoms with Crippen molar-refractivity contribution in [1.82, 2.24) is 4.90 Å². The first-order chi connectivity index (χ1) is 10.1. The van der Waals surface area contributed by atoms with E-state index in [2.05, 4.69) is 22.1 Å². The molecule has 1 saturated heterocycles. The Morgan fingerprint density at radius 2 is 2.14 bits per heavy atom. The third kappa shape index (κ3) is 6.37. The Hall–Kier alpha value is -1.05. The van der Waals surface area contributed by atoms with E-state index in [0.29, 0.717) is 12.5 Å². The summed E-state index contributed by atoms with van der Waals surface area (Å²) in [5.41, 5.74) is 6.82. The average Bonchev–Trinajstić information content (AvgIpc) is 2.47. The van der Waals surface area contributed by atoms with Crippen LogP contribution in [0.1, 0.15) is 26.2 Å². The molecule has 2 rings (SSSR count). The molecule has 1 aromatic rings. The second-order valence-electron chi connectivity index (χ2n) is 5.70. The van der Waals surface area contributed by atoms with E-state index < -0.39 is 0 Å². The number of nitrogens with zero attached hydrogens (tertiary/aromatic N) is 2. The van der Waals surface area contributed by atoms with Gasteiger partial charge < -0.3 is 16.0 Å². The van der Waals surface area contributed by atoms with E-state index in [1.165, 1.54) is 25.0 Å². The van der Waals surface area contributed by atoms with Crippen LogP contribution in [0.3, 0.4) is 0 Å². The molecular formula is C16H26FIN4. The highest BCUT2D eigenvalue weighted by Crippen LogP contribution is 2.15. The molecule has 1 aliphatic rings. The number of aliphatic imine (C=N–C) groups is 1. The molecule has 1 aromatic carbocycles. The van der Waals surface area contributed by atoms with Crippen molar-refractivity contribution in [2.75, 3.05) is 31.5 Å².